The molecule has 0 unspecified atom stereocenters. The van der Waals surface area contributed by atoms with Crippen LogP contribution in [0.2, 0.25) is 0 Å². The first-order valence-electron chi connectivity index (χ1n) is 8.31. The Morgan fingerprint density at radius 1 is 1.19 bits per heavy atom. The molecular formula is C18H17N7S2. The highest BCUT2D eigenvalue weighted by molar-refractivity contribution is 7.99. The van der Waals surface area contributed by atoms with E-state index in [9.17, 15) is 0 Å². The molecule has 9 heteroatoms. The number of tetrazole rings is 1. The highest BCUT2D eigenvalue weighted by atomic mass is 32.2. The van der Waals surface area contributed by atoms with Crippen molar-refractivity contribution in [1.82, 2.24) is 30.4 Å². The van der Waals surface area contributed by atoms with Gasteiger partial charge in [0.25, 0.3) is 0 Å². The number of aromatic amines is 1. The predicted octanol–water partition coefficient (Wildman–Crippen LogP) is 3.06. The first-order valence-corrected chi connectivity index (χ1v) is 9.74. The molecule has 0 amide bonds. The lowest BCUT2D eigenvalue weighted by molar-refractivity contribution is 0.881. The molecule has 2 aromatic heterocycles. The third kappa shape index (κ3) is 3.61. The Labute approximate surface area is 165 Å². The molecule has 0 aliphatic heterocycles. The number of nitrogens with zero attached hydrogens (tertiary/aromatic N) is 5. The number of nitrogens with one attached hydrogen (secondary N) is 1. The zero-order valence-corrected chi connectivity index (χ0v) is 16.0. The molecule has 0 spiro atoms. The second kappa shape index (κ2) is 7.95. The number of H-pyrrole nitrogens is 1. The van der Waals surface area contributed by atoms with Crippen molar-refractivity contribution in [3.05, 3.63) is 54.9 Å². The van der Waals surface area contributed by atoms with Gasteiger partial charge >= 0.3 is 0 Å². The van der Waals surface area contributed by atoms with Crippen LogP contribution < -0.4 is 5.73 Å². The van der Waals surface area contributed by atoms with Crippen LogP contribution in [-0.4, -0.2) is 42.7 Å². The molecule has 0 aliphatic rings. The van der Waals surface area contributed by atoms with Crippen LogP contribution in [0, 0.1) is 0 Å². The minimum atomic E-state index is 0.509. The van der Waals surface area contributed by atoms with Gasteiger partial charge in [-0.3, -0.25) is 0 Å². The molecule has 136 valence electrons. The zero-order valence-electron chi connectivity index (χ0n) is 14.3. The maximum Gasteiger partial charge on any atom is 0.206 e. The third-order valence-corrected chi connectivity index (χ3v) is 5.72. The molecule has 0 atom stereocenters. The number of benzene rings is 2. The summed E-state index contributed by atoms with van der Waals surface area (Å²) in [6.07, 6.45) is 3.67. The first-order chi connectivity index (χ1) is 13.3. The molecule has 0 saturated heterocycles. The topological polar surface area (TPSA) is 98.3 Å². The molecule has 0 fully saturated rings. The predicted molar refractivity (Wildman–Crippen MR) is 109 cm³/mol. The van der Waals surface area contributed by atoms with Crippen molar-refractivity contribution < 1.29 is 0 Å². The summed E-state index contributed by atoms with van der Waals surface area (Å²) in [4.78, 5) is 1.85. The summed E-state index contributed by atoms with van der Waals surface area (Å²) < 4.78 is 1.82. The number of hydrogen-bond acceptors (Lipinski definition) is 7. The van der Waals surface area contributed by atoms with Gasteiger partial charge in [-0.05, 0) is 40.6 Å². The normalized spacial score (nSPS) is 11.0. The molecule has 3 N–H and O–H groups in total. The molecule has 0 aliphatic carbocycles. The fourth-order valence-electron chi connectivity index (χ4n) is 2.83. The molecule has 2 aromatic carbocycles. The summed E-state index contributed by atoms with van der Waals surface area (Å²) >= 11 is 6.44. The standard InChI is InChI=1S/C18H17N7S2/c19-7-10-27-15-6-5-14(16(17(15)26)18-21-23-24-22-18)12-3-1-4-13(11-12)25-9-2-8-20-25/h1-6,8-9,11,26H,7,10,19H2,(H,21,22,23,24). The highest BCUT2D eigenvalue weighted by Gasteiger charge is 2.18. The van der Waals surface area contributed by atoms with Crippen molar-refractivity contribution in [2.45, 2.75) is 9.79 Å². The highest BCUT2D eigenvalue weighted by Crippen LogP contribution is 2.40. The quantitative estimate of drug-likeness (QED) is 0.343. The van der Waals surface area contributed by atoms with E-state index in [-0.39, 0.29) is 0 Å². The van der Waals surface area contributed by atoms with Gasteiger partial charge in [0.2, 0.25) is 5.82 Å². The summed E-state index contributed by atoms with van der Waals surface area (Å²) in [5.41, 5.74) is 9.46. The van der Waals surface area contributed by atoms with Crippen molar-refractivity contribution in [2.24, 2.45) is 5.73 Å². The Bertz CT molecular complexity index is 1030. The second-order valence-corrected chi connectivity index (χ2v) is 7.29. The first kappa shape index (κ1) is 17.8. The number of thioether (sulfide) groups is 1. The average Bonchev–Trinajstić information content (AvgIpc) is 3.41. The van der Waals surface area contributed by atoms with Crippen molar-refractivity contribution in [3.8, 4) is 28.2 Å². The van der Waals surface area contributed by atoms with Gasteiger partial charge in [0.15, 0.2) is 0 Å². The minimum absolute atomic E-state index is 0.509. The van der Waals surface area contributed by atoms with E-state index in [2.05, 4.69) is 43.9 Å². The van der Waals surface area contributed by atoms with E-state index in [1.54, 1.807) is 18.0 Å². The van der Waals surface area contributed by atoms with E-state index in [4.69, 9.17) is 18.4 Å². The van der Waals surface area contributed by atoms with Crippen LogP contribution in [0.1, 0.15) is 0 Å². The maximum absolute atomic E-state index is 5.65. The summed E-state index contributed by atoms with van der Waals surface area (Å²) in [7, 11) is 0. The molecular weight excluding hydrogens is 378 g/mol. The smallest absolute Gasteiger partial charge is 0.206 e. The zero-order chi connectivity index (χ0) is 18.6. The van der Waals surface area contributed by atoms with Crippen LogP contribution in [-0.2, 0) is 0 Å². The van der Waals surface area contributed by atoms with E-state index in [1.807, 2.05) is 35.1 Å². The Balaban J connectivity index is 1.86. The van der Waals surface area contributed by atoms with Crippen LogP contribution in [0.15, 0.2) is 64.6 Å². The maximum atomic E-state index is 5.65. The molecule has 0 saturated carbocycles. The third-order valence-electron chi connectivity index (χ3n) is 4.01. The van der Waals surface area contributed by atoms with Gasteiger partial charge in [-0.25, -0.2) is 4.68 Å². The number of aromatic nitrogens is 6. The molecule has 0 bridgehead atoms. The van der Waals surface area contributed by atoms with Gasteiger partial charge in [-0.1, -0.05) is 18.2 Å². The number of thiol groups is 1. The lowest BCUT2D eigenvalue weighted by Crippen LogP contribution is -2.01. The van der Waals surface area contributed by atoms with Crippen molar-refractivity contribution in [2.75, 3.05) is 12.3 Å². The Kier molecular flexibility index (Phi) is 5.23. The van der Waals surface area contributed by atoms with E-state index in [0.717, 1.165) is 37.9 Å². The average molecular weight is 396 g/mol. The minimum Gasteiger partial charge on any atom is -0.330 e. The van der Waals surface area contributed by atoms with Crippen LogP contribution in [0.25, 0.3) is 28.2 Å². The molecule has 0 radical (unpaired) electrons. The van der Waals surface area contributed by atoms with Gasteiger partial charge in [0.1, 0.15) is 0 Å². The molecule has 4 rings (SSSR count). The van der Waals surface area contributed by atoms with Crippen LogP contribution >= 0.6 is 24.4 Å². The van der Waals surface area contributed by atoms with Gasteiger partial charge in [-0.15, -0.1) is 34.6 Å². The number of nitrogens with two attached hydrogens (primary N) is 1. The van der Waals surface area contributed by atoms with Crippen molar-refractivity contribution in [1.29, 1.82) is 0 Å². The Morgan fingerprint density at radius 3 is 2.85 bits per heavy atom. The fraction of sp³-hybridized carbons (Fsp3) is 0.111. The Hall–Kier alpha value is -2.62. The largest absolute Gasteiger partial charge is 0.330 e. The lowest BCUT2D eigenvalue weighted by atomic mass is 9.98. The van der Waals surface area contributed by atoms with E-state index < -0.39 is 0 Å². The van der Waals surface area contributed by atoms with Crippen molar-refractivity contribution in [3.63, 3.8) is 0 Å². The van der Waals surface area contributed by atoms with E-state index >= 15 is 0 Å². The van der Waals surface area contributed by atoms with Gasteiger partial charge < -0.3 is 5.73 Å². The van der Waals surface area contributed by atoms with E-state index in [1.165, 1.54) is 0 Å². The summed E-state index contributed by atoms with van der Waals surface area (Å²) in [5.74, 6) is 1.32. The monoisotopic (exact) mass is 395 g/mol. The van der Waals surface area contributed by atoms with Gasteiger partial charge in [0.05, 0.1) is 5.69 Å². The van der Waals surface area contributed by atoms with Crippen LogP contribution in [0.4, 0.5) is 0 Å². The SMILES string of the molecule is NCCSc1ccc(-c2cccc(-n3cccn3)c2)c(-c2nn[nH]n2)c1S. The molecule has 2 heterocycles. The fourth-order valence-corrected chi connectivity index (χ4v) is 4.06. The van der Waals surface area contributed by atoms with Crippen molar-refractivity contribution >= 4 is 24.4 Å². The lowest BCUT2D eigenvalue weighted by Gasteiger charge is -2.14. The molecule has 4 aromatic rings. The van der Waals surface area contributed by atoms with Gasteiger partial charge in [-0.2, -0.15) is 10.3 Å². The second-order valence-electron chi connectivity index (χ2n) is 5.71. The summed E-state index contributed by atoms with van der Waals surface area (Å²) in [6, 6.07) is 14.2. The van der Waals surface area contributed by atoms with Gasteiger partial charge in [0, 0.05) is 40.0 Å². The summed E-state index contributed by atoms with van der Waals surface area (Å²) in [6.45, 7) is 0.600. The Morgan fingerprint density at radius 2 is 2.11 bits per heavy atom. The van der Waals surface area contributed by atoms with E-state index in [0.29, 0.717) is 12.4 Å². The number of rotatable bonds is 6. The molecule has 27 heavy (non-hydrogen) atoms. The molecule has 7 nitrogen and oxygen atoms in total. The summed E-state index contributed by atoms with van der Waals surface area (Å²) in [5, 5.41) is 18.9. The van der Waals surface area contributed by atoms with Crippen LogP contribution in [0.3, 0.4) is 0 Å². The van der Waals surface area contributed by atoms with Crippen LogP contribution in [0.5, 0.6) is 0 Å². The number of hydrogen-bond donors (Lipinski definition) is 3.